The highest BCUT2D eigenvalue weighted by Gasteiger charge is 2.27. The Morgan fingerprint density at radius 2 is 2.33 bits per heavy atom. The summed E-state index contributed by atoms with van der Waals surface area (Å²) in [6, 6.07) is 0. The van der Waals surface area contributed by atoms with Gasteiger partial charge >= 0.3 is 0 Å². The maximum absolute atomic E-state index is 11.1. The number of Topliss-reactive ketones (excluding diaryl/α,β-unsaturated/α-hetero) is 1. The van der Waals surface area contributed by atoms with Crippen molar-refractivity contribution < 1.29 is 9.59 Å². The summed E-state index contributed by atoms with van der Waals surface area (Å²) in [5, 5.41) is 0. The number of primary amides is 1. The molecule has 4 nitrogen and oxygen atoms in total. The lowest BCUT2D eigenvalue weighted by Crippen LogP contribution is -2.33. The van der Waals surface area contributed by atoms with Crippen LogP contribution in [0.25, 0.3) is 0 Å². The van der Waals surface area contributed by atoms with E-state index in [0.717, 1.165) is 0 Å². The Bertz CT molecular complexity index is 245. The summed E-state index contributed by atoms with van der Waals surface area (Å²) in [6.07, 6.45) is 1.40. The number of hydrogen-bond acceptors (Lipinski definition) is 3. The number of nitrogens with two attached hydrogens (primary N) is 1. The van der Waals surface area contributed by atoms with E-state index >= 15 is 0 Å². The Morgan fingerprint density at radius 3 is 2.83 bits per heavy atom. The van der Waals surface area contributed by atoms with E-state index in [4.69, 9.17) is 5.73 Å². The van der Waals surface area contributed by atoms with Crippen LogP contribution in [0, 0.1) is 5.92 Å². The summed E-state index contributed by atoms with van der Waals surface area (Å²) in [7, 11) is 1.57. The molecule has 0 heterocycles. The zero-order valence-electron chi connectivity index (χ0n) is 7.04. The minimum atomic E-state index is -0.330. The second-order valence-corrected chi connectivity index (χ2v) is 2.94. The van der Waals surface area contributed by atoms with Gasteiger partial charge in [0.2, 0.25) is 5.91 Å². The molecule has 2 N–H and O–H groups in total. The molecule has 12 heavy (non-hydrogen) atoms. The number of hydrogen-bond donors (Lipinski definition) is 1. The highest BCUT2D eigenvalue weighted by molar-refractivity contribution is 6.40. The molecule has 0 aliphatic heterocycles. The van der Waals surface area contributed by atoms with Crippen LogP contribution in [0.1, 0.15) is 19.3 Å². The van der Waals surface area contributed by atoms with Crippen molar-refractivity contribution in [1.29, 1.82) is 0 Å². The van der Waals surface area contributed by atoms with E-state index in [2.05, 4.69) is 4.99 Å². The van der Waals surface area contributed by atoms with Gasteiger partial charge in [-0.05, 0) is 6.42 Å². The minimum Gasteiger partial charge on any atom is -0.369 e. The molecule has 0 aromatic heterocycles. The third-order valence-electron chi connectivity index (χ3n) is 2.15. The van der Waals surface area contributed by atoms with Crippen molar-refractivity contribution in [3.8, 4) is 0 Å². The van der Waals surface area contributed by atoms with Gasteiger partial charge in [-0.2, -0.15) is 0 Å². The van der Waals surface area contributed by atoms with Crippen molar-refractivity contribution in [3.05, 3.63) is 0 Å². The van der Waals surface area contributed by atoms with Crippen LogP contribution in [-0.4, -0.2) is 24.4 Å². The molecule has 4 heteroatoms. The normalized spacial score (nSPS) is 27.6. The Balaban J connectivity index is 2.68. The lowest BCUT2D eigenvalue weighted by atomic mass is 9.86. The number of rotatable bonds is 1. The van der Waals surface area contributed by atoms with Gasteiger partial charge in [0.1, 0.15) is 0 Å². The first-order valence-electron chi connectivity index (χ1n) is 3.93. The molecular weight excluding hydrogens is 156 g/mol. The van der Waals surface area contributed by atoms with Crippen molar-refractivity contribution >= 4 is 17.4 Å². The third-order valence-corrected chi connectivity index (χ3v) is 2.15. The average molecular weight is 168 g/mol. The van der Waals surface area contributed by atoms with Gasteiger partial charge in [0.25, 0.3) is 0 Å². The van der Waals surface area contributed by atoms with Gasteiger partial charge in [0.15, 0.2) is 5.78 Å². The first-order chi connectivity index (χ1) is 5.65. The predicted molar refractivity (Wildman–Crippen MR) is 44.9 cm³/mol. The fourth-order valence-corrected chi connectivity index (χ4v) is 1.36. The maximum atomic E-state index is 11.1. The number of amides is 1. The number of carbonyl (C=O) groups excluding carboxylic acids is 2. The van der Waals surface area contributed by atoms with Gasteiger partial charge < -0.3 is 5.73 Å². The third kappa shape index (κ3) is 1.69. The topological polar surface area (TPSA) is 72.5 Å². The first-order valence-corrected chi connectivity index (χ1v) is 3.93. The number of aliphatic imine (C=N–C) groups is 1. The number of ketones is 1. The van der Waals surface area contributed by atoms with Gasteiger partial charge in [-0.1, -0.05) is 0 Å². The summed E-state index contributed by atoms with van der Waals surface area (Å²) in [5.74, 6) is -0.472. The van der Waals surface area contributed by atoms with Crippen LogP contribution in [0.3, 0.4) is 0 Å². The zero-order valence-corrected chi connectivity index (χ0v) is 7.04. The van der Waals surface area contributed by atoms with Crippen molar-refractivity contribution in [1.82, 2.24) is 0 Å². The largest absolute Gasteiger partial charge is 0.369 e. The van der Waals surface area contributed by atoms with E-state index in [-0.39, 0.29) is 17.6 Å². The Labute approximate surface area is 70.8 Å². The molecule has 1 fully saturated rings. The zero-order chi connectivity index (χ0) is 9.14. The van der Waals surface area contributed by atoms with Gasteiger partial charge in [0, 0.05) is 25.8 Å². The molecule has 66 valence electrons. The van der Waals surface area contributed by atoms with E-state index < -0.39 is 0 Å². The van der Waals surface area contributed by atoms with E-state index in [1.165, 1.54) is 0 Å². The van der Waals surface area contributed by atoms with Crippen molar-refractivity contribution in [3.63, 3.8) is 0 Å². The second-order valence-electron chi connectivity index (χ2n) is 2.94. The minimum absolute atomic E-state index is 0.0509. The Kier molecular flexibility index (Phi) is 2.58. The highest BCUT2D eigenvalue weighted by Crippen LogP contribution is 2.19. The predicted octanol–water partition coefficient (Wildman–Crippen LogP) is -0.0883. The average Bonchev–Trinajstić information content (AvgIpc) is 2.05. The maximum Gasteiger partial charge on any atom is 0.220 e. The molecule has 1 unspecified atom stereocenters. The summed E-state index contributed by atoms with van der Waals surface area (Å²) in [5.41, 5.74) is 5.63. The molecule has 1 aliphatic rings. The Morgan fingerprint density at radius 1 is 1.67 bits per heavy atom. The second kappa shape index (κ2) is 3.47. The van der Waals surface area contributed by atoms with Crippen LogP contribution >= 0.6 is 0 Å². The lowest BCUT2D eigenvalue weighted by Gasteiger charge is -2.18. The number of nitrogens with zero attached hydrogens (tertiary/aromatic N) is 1. The summed E-state index contributed by atoms with van der Waals surface area (Å²) in [6.45, 7) is 0. The number of carbonyl (C=O) groups is 2. The van der Waals surface area contributed by atoms with Crippen molar-refractivity contribution in [2.45, 2.75) is 19.3 Å². The quantitative estimate of drug-likeness (QED) is 0.594. The van der Waals surface area contributed by atoms with E-state index in [9.17, 15) is 9.59 Å². The van der Waals surface area contributed by atoms with Gasteiger partial charge in [-0.15, -0.1) is 0 Å². The molecular formula is C8H12N2O2. The highest BCUT2D eigenvalue weighted by atomic mass is 16.1. The lowest BCUT2D eigenvalue weighted by molar-refractivity contribution is -0.122. The summed E-state index contributed by atoms with van der Waals surface area (Å²) >= 11 is 0. The van der Waals surface area contributed by atoms with Crippen LogP contribution in [0.15, 0.2) is 4.99 Å². The smallest absolute Gasteiger partial charge is 0.220 e. The fraction of sp³-hybridized carbons (Fsp3) is 0.625. The van der Waals surface area contributed by atoms with Crippen molar-refractivity contribution in [2.75, 3.05) is 7.05 Å². The van der Waals surface area contributed by atoms with Crippen LogP contribution in [0.5, 0.6) is 0 Å². The molecule has 0 aromatic carbocycles. The summed E-state index contributed by atoms with van der Waals surface area (Å²) in [4.78, 5) is 25.7. The molecule has 0 spiro atoms. The SMILES string of the molecule is CN=C1CC(C(N)=O)CCC1=O. The van der Waals surface area contributed by atoms with Gasteiger partial charge in [-0.3, -0.25) is 14.6 Å². The first kappa shape index (κ1) is 8.90. The van der Waals surface area contributed by atoms with Crippen molar-refractivity contribution in [2.24, 2.45) is 16.6 Å². The standard InChI is InChI=1S/C8H12N2O2/c1-10-6-4-5(8(9)12)2-3-7(6)11/h5H,2-4H2,1H3,(H2,9,12). The molecule has 1 amide bonds. The van der Waals surface area contributed by atoms with Crippen LogP contribution in [0.4, 0.5) is 0 Å². The van der Waals surface area contributed by atoms with E-state index in [1.807, 2.05) is 0 Å². The molecule has 1 aliphatic carbocycles. The fourth-order valence-electron chi connectivity index (χ4n) is 1.36. The van der Waals surface area contributed by atoms with Crippen LogP contribution in [-0.2, 0) is 9.59 Å². The monoisotopic (exact) mass is 168 g/mol. The van der Waals surface area contributed by atoms with E-state index in [0.29, 0.717) is 25.0 Å². The van der Waals surface area contributed by atoms with Gasteiger partial charge in [0.05, 0.1) is 5.71 Å². The Hall–Kier alpha value is -1.19. The molecule has 0 radical (unpaired) electrons. The summed E-state index contributed by atoms with van der Waals surface area (Å²) < 4.78 is 0. The molecule has 1 atom stereocenters. The molecule has 0 bridgehead atoms. The van der Waals surface area contributed by atoms with Gasteiger partial charge in [-0.25, -0.2) is 0 Å². The van der Waals surface area contributed by atoms with Crippen LogP contribution < -0.4 is 5.73 Å². The molecule has 0 saturated heterocycles. The molecule has 0 aromatic rings. The van der Waals surface area contributed by atoms with Crippen LogP contribution in [0.2, 0.25) is 0 Å². The van der Waals surface area contributed by atoms with E-state index in [1.54, 1.807) is 7.05 Å². The molecule has 1 rings (SSSR count). The molecule has 1 saturated carbocycles.